The van der Waals surface area contributed by atoms with Crippen LogP contribution in [-0.2, 0) is 21.3 Å². The van der Waals surface area contributed by atoms with E-state index in [1.165, 1.54) is 24.4 Å². The molecule has 11 heteroatoms. The monoisotopic (exact) mass is 478 g/mol. The summed E-state index contributed by atoms with van der Waals surface area (Å²) < 4.78 is 70.7. The van der Waals surface area contributed by atoms with Crippen LogP contribution < -0.4 is 14.3 Å². The van der Waals surface area contributed by atoms with Crippen molar-refractivity contribution in [3.8, 4) is 11.5 Å². The van der Waals surface area contributed by atoms with Gasteiger partial charge in [-0.05, 0) is 42.0 Å². The van der Waals surface area contributed by atoms with Crippen molar-refractivity contribution in [3.63, 3.8) is 0 Å². The fourth-order valence-electron chi connectivity index (χ4n) is 2.63. The quantitative estimate of drug-likeness (QED) is 0.300. The molecule has 1 N–H and O–H groups in total. The summed E-state index contributed by atoms with van der Waals surface area (Å²) in [5, 5.41) is 3.82. The first-order valence-corrected chi connectivity index (χ1v) is 10.8. The Morgan fingerprint density at radius 2 is 1.58 bits per heavy atom. The summed E-state index contributed by atoms with van der Waals surface area (Å²) in [4.78, 5) is 11.6. The lowest BCUT2D eigenvalue weighted by Gasteiger charge is -2.11. The van der Waals surface area contributed by atoms with Gasteiger partial charge in [0.1, 0.15) is 10.6 Å². The zero-order chi connectivity index (χ0) is 23.9. The van der Waals surface area contributed by atoms with Crippen LogP contribution in [0.3, 0.4) is 0 Å². The van der Waals surface area contributed by atoms with Crippen molar-refractivity contribution in [2.24, 2.45) is 5.10 Å². The van der Waals surface area contributed by atoms with Gasteiger partial charge in [0, 0.05) is 5.56 Å². The molecule has 7 nitrogen and oxygen atoms in total. The number of benzene rings is 3. The Morgan fingerprint density at radius 1 is 0.939 bits per heavy atom. The number of nitrogens with one attached hydrogen (secondary N) is 1. The zero-order valence-electron chi connectivity index (χ0n) is 16.8. The second kappa shape index (κ2) is 10.2. The summed E-state index contributed by atoms with van der Waals surface area (Å²) in [5.41, 5.74) is 3.39. The predicted molar refractivity (Wildman–Crippen MR) is 113 cm³/mol. The van der Waals surface area contributed by atoms with Crippen molar-refractivity contribution in [1.29, 1.82) is 0 Å². The average molecular weight is 478 g/mol. The number of hydrogen-bond donors (Lipinski definition) is 1. The van der Waals surface area contributed by atoms with Crippen LogP contribution in [-0.4, -0.2) is 26.9 Å². The maximum absolute atomic E-state index is 12.5. The van der Waals surface area contributed by atoms with Crippen molar-refractivity contribution in [3.05, 3.63) is 90.0 Å². The molecule has 0 saturated carbocycles. The van der Waals surface area contributed by atoms with Gasteiger partial charge in [0.2, 0.25) is 5.91 Å². The Bertz CT molecular complexity index is 1230. The van der Waals surface area contributed by atoms with E-state index < -0.39 is 22.2 Å². The highest BCUT2D eigenvalue weighted by Gasteiger charge is 2.31. The van der Waals surface area contributed by atoms with Gasteiger partial charge in [-0.25, -0.2) is 5.43 Å². The zero-order valence-corrected chi connectivity index (χ0v) is 17.6. The number of alkyl halides is 3. The van der Waals surface area contributed by atoms with Crippen LogP contribution in [0, 0.1) is 0 Å². The van der Waals surface area contributed by atoms with E-state index in [0.717, 1.165) is 29.8 Å². The summed E-state index contributed by atoms with van der Waals surface area (Å²) in [5.74, 6) is -1.03. The molecule has 0 fully saturated rings. The SMILES string of the molecule is O=C(Cc1ccccc1)NN=Cc1ccccc1OS(=O)(=O)c1ccc(OC(F)(F)F)cc1. The first-order chi connectivity index (χ1) is 15.6. The van der Waals surface area contributed by atoms with Crippen molar-refractivity contribution >= 4 is 22.2 Å². The molecule has 0 saturated heterocycles. The smallest absolute Gasteiger partial charge is 0.406 e. The van der Waals surface area contributed by atoms with Crippen molar-refractivity contribution in [2.45, 2.75) is 17.7 Å². The maximum atomic E-state index is 12.5. The standard InChI is InChI=1S/C22H17F3N2O5S/c23-22(24,25)31-18-10-12-19(13-11-18)33(29,30)32-20-9-5-4-8-17(20)15-26-27-21(28)14-16-6-2-1-3-7-16/h1-13,15H,14H2,(H,27,28). The van der Waals surface area contributed by atoms with E-state index in [-0.39, 0.29) is 28.5 Å². The third-order valence-corrected chi connectivity index (χ3v) is 5.31. The second-order valence-corrected chi connectivity index (χ2v) is 8.10. The minimum absolute atomic E-state index is 0.0887. The first kappa shape index (κ1) is 23.8. The van der Waals surface area contributed by atoms with E-state index in [1.54, 1.807) is 30.3 Å². The van der Waals surface area contributed by atoms with Gasteiger partial charge in [0.05, 0.1) is 12.6 Å². The van der Waals surface area contributed by atoms with Gasteiger partial charge < -0.3 is 8.92 Å². The Morgan fingerprint density at radius 3 is 2.24 bits per heavy atom. The van der Waals surface area contributed by atoms with Crippen LogP contribution in [0.25, 0.3) is 0 Å². The predicted octanol–water partition coefficient (Wildman–Crippen LogP) is 4.05. The summed E-state index contributed by atoms with van der Waals surface area (Å²) in [6.07, 6.45) is -3.57. The normalized spacial score (nSPS) is 11.8. The van der Waals surface area contributed by atoms with Gasteiger partial charge in [-0.1, -0.05) is 42.5 Å². The number of nitrogens with zero attached hydrogens (tertiary/aromatic N) is 1. The molecule has 0 aromatic heterocycles. The molecule has 1 amide bonds. The molecule has 3 aromatic carbocycles. The van der Waals surface area contributed by atoms with E-state index in [9.17, 15) is 26.4 Å². The minimum atomic E-state index is -4.90. The maximum Gasteiger partial charge on any atom is 0.573 e. The number of carbonyl (C=O) groups is 1. The van der Waals surface area contributed by atoms with E-state index in [2.05, 4.69) is 15.3 Å². The lowest BCUT2D eigenvalue weighted by Crippen LogP contribution is -2.19. The molecule has 0 spiro atoms. The van der Waals surface area contributed by atoms with Gasteiger partial charge in [-0.15, -0.1) is 13.2 Å². The number of amides is 1. The minimum Gasteiger partial charge on any atom is -0.406 e. The molecule has 0 unspecified atom stereocenters. The van der Waals surface area contributed by atoms with Crippen LogP contribution in [0.4, 0.5) is 13.2 Å². The molecule has 172 valence electrons. The molecule has 0 bridgehead atoms. The summed E-state index contributed by atoms with van der Waals surface area (Å²) in [6, 6.07) is 18.6. The van der Waals surface area contributed by atoms with Crippen LogP contribution in [0.1, 0.15) is 11.1 Å². The van der Waals surface area contributed by atoms with E-state index in [1.807, 2.05) is 6.07 Å². The molecule has 0 aliphatic heterocycles. The van der Waals surface area contributed by atoms with Gasteiger partial charge in [-0.3, -0.25) is 4.79 Å². The van der Waals surface area contributed by atoms with Gasteiger partial charge in [0.15, 0.2) is 5.75 Å². The van der Waals surface area contributed by atoms with Crippen molar-refractivity contribution < 1.29 is 35.3 Å². The average Bonchev–Trinajstić information content (AvgIpc) is 2.75. The van der Waals surface area contributed by atoms with Crippen molar-refractivity contribution in [1.82, 2.24) is 5.43 Å². The number of rotatable bonds is 8. The summed E-state index contributed by atoms with van der Waals surface area (Å²) >= 11 is 0. The third kappa shape index (κ3) is 7.35. The molecule has 3 aromatic rings. The second-order valence-electron chi connectivity index (χ2n) is 6.55. The van der Waals surface area contributed by atoms with Gasteiger partial charge in [0.25, 0.3) is 0 Å². The third-order valence-electron chi connectivity index (χ3n) is 4.06. The Kier molecular flexibility index (Phi) is 7.34. The highest BCUT2D eigenvalue weighted by molar-refractivity contribution is 7.87. The summed E-state index contributed by atoms with van der Waals surface area (Å²) in [7, 11) is -4.36. The molecule has 0 aliphatic rings. The number of halogens is 3. The molecular formula is C22H17F3N2O5S. The molecule has 0 aliphatic carbocycles. The number of hydrazone groups is 1. The van der Waals surface area contributed by atoms with Crippen molar-refractivity contribution in [2.75, 3.05) is 0 Å². The number of para-hydroxylation sites is 1. The molecule has 0 heterocycles. The fraction of sp³-hybridized carbons (Fsp3) is 0.0909. The molecule has 33 heavy (non-hydrogen) atoms. The van der Waals surface area contributed by atoms with Crippen LogP contribution in [0.5, 0.6) is 11.5 Å². The highest BCUT2D eigenvalue weighted by atomic mass is 32.2. The molecule has 0 radical (unpaired) electrons. The molecule has 3 rings (SSSR count). The topological polar surface area (TPSA) is 94.1 Å². The van der Waals surface area contributed by atoms with Gasteiger partial charge in [-0.2, -0.15) is 13.5 Å². The van der Waals surface area contributed by atoms with E-state index in [4.69, 9.17) is 4.18 Å². The summed E-state index contributed by atoms with van der Waals surface area (Å²) in [6.45, 7) is 0. The fourth-order valence-corrected chi connectivity index (χ4v) is 3.59. The lowest BCUT2D eigenvalue weighted by atomic mass is 10.1. The van der Waals surface area contributed by atoms with E-state index >= 15 is 0 Å². The Hall–Kier alpha value is -3.86. The largest absolute Gasteiger partial charge is 0.573 e. The highest BCUT2D eigenvalue weighted by Crippen LogP contribution is 2.26. The Labute approximate surface area is 187 Å². The first-order valence-electron chi connectivity index (χ1n) is 9.37. The van der Waals surface area contributed by atoms with Gasteiger partial charge >= 0.3 is 16.5 Å². The lowest BCUT2D eigenvalue weighted by molar-refractivity contribution is -0.274. The van der Waals surface area contributed by atoms with Crippen LogP contribution >= 0.6 is 0 Å². The number of carbonyl (C=O) groups excluding carboxylic acids is 1. The van der Waals surface area contributed by atoms with E-state index in [0.29, 0.717) is 0 Å². The Balaban J connectivity index is 1.68. The van der Waals surface area contributed by atoms with Crippen LogP contribution in [0.2, 0.25) is 0 Å². The molecular weight excluding hydrogens is 461 g/mol. The van der Waals surface area contributed by atoms with Crippen LogP contribution in [0.15, 0.2) is 88.9 Å². The molecule has 0 atom stereocenters. The number of ether oxygens (including phenoxy) is 1. The number of hydrogen-bond acceptors (Lipinski definition) is 6.